The van der Waals surface area contributed by atoms with Gasteiger partial charge in [-0.25, -0.2) is 0 Å². The van der Waals surface area contributed by atoms with Crippen LogP contribution in [0.5, 0.6) is 17.2 Å². The Bertz CT molecular complexity index is 691. The van der Waals surface area contributed by atoms with Gasteiger partial charge in [0.2, 0.25) is 0 Å². The molecule has 1 aliphatic rings. The quantitative estimate of drug-likeness (QED) is 0.812. The third kappa shape index (κ3) is 4.99. The first-order valence-corrected chi connectivity index (χ1v) is 8.83. The molecule has 25 heavy (non-hydrogen) atoms. The van der Waals surface area contributed by atoms with E-state index in [0.717, 1.165) is 18.8 Å². The van der Waals surface area contributed by atoms with E-state index in [4.69, 9.17) is 9.47 Å². The smallest absolute Gasteiger partial charge is 0.260 e. The fraction of sp³-hybridized carbons (Fsp3) is 0.381. The minimum absolute atomic E-state index is 0.0489. The van der Waals surface area contributed by atoms with Gasteiger partial charge < -0.3 is 14.4 Å². The second-order valence-electron chi connectivity index (χ2n) is 6.92. The average Bonchev–Trinajstić information content (AvgIpc) is 2.60. The zero-order valence-electron chi connectivity index (χ0n) is 14.9. The van der Waals surface area contributed by atoms with Gasteiger partial charge in [0.05, 0.1) is 0 Å². The number of para-hydroxylation sites is 1. The molecule has 3 rings (SSSR count). The number of nitrogens with zero attached hydrogens (tertiary/aromatic N) is 1. The maximum Gasteiger partial charge on any atom is 0.260 e. The topological polar surface area (TPSA) is 38.8 Å². The van der Waals surface area contributed by atoms with Crippen LogP contribution in [-0.2, 0) is 4.79 Å². The molecule has 0 unspecified atom stereocenters. The van der Waals surface area contributed by atoms with Crippen molar-refractivity contribution >= 4 is 5.91 Å². The molecular formula is C21H25NO3. The third-order valence-electron chi connectivity index (χ3n) is 4.37. The largest absolute Gasteiger partial charge is 0.484 e. The molecule has 0 aliphatic carbocycles. The predicted molar refractivity (Wildman–Crippen MR) is 98.0 cm³/mol. The van der Waals surface area contributed by atoms with Crippen LogP contribution in [0.4, 0.5) is 0 Å². The lowest BCUT2D eigenvalue weighted by molar-refractivity contribution is -0.136. The summed E-state index contributed by atoms with van der Waals surface area (Å²) in [5, 5.41) is 0. The van der Waals surface area contributed by atoms with Crippen molar-refractivity contribution in [3.63, 3.8) is 0 Å². The standard InChI is InChI=1S/C21H25NO3/c1-16-11-17(2)14-22(13-16)21(23)15-24-19-9-6-10-20(12-19)25-18-7-4-3-5-8-18/h3-10,12,16-17H,11,13-15H2,1-2H3/t16-,17+. The van der Waals surface area contributed by atoms with Crippen LogP contribution in [0.1, 0.15) is 20.3 Å². The molecule has 2 aromatic rings. The number of hydrogen-bond donors (Lipinski definition) is 0. The zero-order valence-corrected chi connectivity index (χ0v) is 14.9. The lowest BCUT2D eigenvalue weighted by Crippen LogP contribution is -2.44. The lowest BCUT2D eigenvalue weighted by Gasteiger charge is -2.34. The van der Waals surface area contributed by atoms with Gasteiger partial charge in [0.1, 0.15) is 17.2 Å². The van der Waals surface area contributed by atoms with Crippen molar-refractivity contribution in [1.29, 1.82) is 0 Å². The first kappa shape index (κ1) is 17.3. The molecule has 0 spiro atoms. The Kier molecular flexibility index (Phi) is 5.59. The predicted octanol–water partition coefficient (Wildman–Crippen LogP) is 4.36. The van der Waals surface area contributed by atoms with E-state index in [9.17, 15) is 4.79 Å². The molecule has 1 saturated heterocycles. The average molecular weight is 339 g/mol. The molecule has 1 amide bonds. The molecule has 0 radical (unpaired) electrons. The number of likely N-dealkylation sites (tertiary alicyclic amines) is 1. The van der Waals surface area contributed by atoms with Gasteiger partial charge in [-0.15, -0.1) is 0 Å². The Labute approximate surface area is 149 Å². The Morgan fingerprint density at radius 3 is 2.32 bits per heavy atom. The van der Waals surface area contributed by atoms with Crippen molar-refractivity contribution in [3.05, 3.63) is 54.6 Å². The van der Waals surface area contributed by atoms with Crippen molar-refractivity contribution in [1.82, 2.24) is 4.90 Å². The van der Waals surface area contributed by atoms with Gasteiger partial charge in [0.15, 0.2) is 6.61 Å². The van der Waals surface area contributed by atoms with Crippen LogP contribution in [0.15, 0.2) is 54.6 Å². The number of carbonyl (C=O) groups excluding carboxylic acids is 1. The van der Waals surface area contributed by atoms with Crippen molar-refractivity contribution in [2.75, 3.05) is 19.7 Å². The molecule has 4 nitrogen and oxygen atoms in total. The number of carbonyl (C=O) groups is 1. The molecule has 0 saturated carbocycles. The van der Waals surface area contributed by atoms with Crippen molar-refractivity contribution < 1.29 is 14.3 Å². The van der Waals surface area contributed by atoms with Gasteiger partial charge in [0.25, 0.3) is 5.91 Å². The van der Waals surface area contributed by atoms with Crippen LogP contribution in [0, 0.1) is 11.8 Å². The highest BCUT2D eigenvalue weighted by molar-refractivity contribution is 5.77. The summed E-state index contributed by atoms with van der Waals surface area (Å²) >= 11 is 0. The fourth-order valence-electron chi connectivity index (χ4n) is 3.36. The molecule has 1 fully saturated rings. The van der Waals surface area contributed by atoms with Crippen LogP contribution in [0.25, 0.3) is 0 Å². The molecule has 0 N–H and O–H groups in total. The summed E-state index contributed by atoms with van der Waals surface area (Å²) in [7, 11) is 0. The van der Waals surface area contributed by atoms with E-state index in [2.05, 4.69) is 13.8 Å². The molecule has 1 aliphatic heterocycles. The van der Waals surface area contributed by atoms with E-state index in [0.29, 0.717) is 23.3 Å². The van der Waals surface area contributed by atoms with Gasteiger partial charge in [-0.1, -0.05) is 38.1 Å². The van der Waals surface area contributed by atoms with Crippen molar-refractivity contribution in [2.45, 2.75) is 20.3 Å². The summed E-state index contributed by atoms with van der Waals surface area (Å²) in [4.78, 5) is 14.3. The highest BCUT2D eigenvalue weighted by Crippen LogP contribution is 2.25. The van der Waals surface area contributed by atoms with Gasteiger partial charge in [-0.3, -0.25) is 4.79 Å². The van der Waals surface area contributed by atoms with E-state index in [1.807, 2.05) is 59.5 Å². The number of piperidine rings is 1. The van der Waals surface area contributed by atoms with E-state index in [1.165, 1.54) is 6.42 Å². The summed E-state index contributed by atoms with van der Waals surface area (Å²) in [6, 6.07) is 17.0. The second kappa shape index (κ2) is 8.06. The Balaban J connectivity index is 1.56. The molecular weight excluding hydrogens is 314 g/mol. The minimum atomic E-state index is 0.0489. The molecule has 0 bridgehead atoms. The van der Waals surface area contributed by atoms with Crippen LogP contribution in [0.2, 0.25) is 0 Å². The summed E-state index contributed by atoms with van der Waals surface area (Å²) in [6.07, 6.45) is 1.18. The third-order valence-corrected chi connectivity index (χ3v) is 4.37. The number of amides is 1. The SMILES string of the molecule is C[C@@H]1C[C@H](C)CN(C(=O)COc2cccc(Oc3ccccc3)c2)C1. The van der Waals surface area contributed by atoms with E-state index in [1.54, 1.807) is 0 Å². The van der Waals surface area contributed by atoms with Gasteiger partial charge in [-0.2, -0.15) is 0 Å². The minimum Gasteiger partial charge on any atom is -0.484 e. The van der Waals surface area contributed by atoms with Crippen LogP contribution >= 0.6 is 0 Å². The molecule has 0 aromatic heterocycles. The number of ether oxygens (including phenoxy) is 2. The molecule has 2 aromatic carbocycles. The lowest BCUT2D eigenvalue weighted by atomic mass is 9.92. The zero-order chi connectivity index (χ0) is 17.6. The Morgan fingerprint density at radius 2 is 1.60 bits per heavy atom. The first-order chi connectivity index (χ1) is 12.1. The van der Waals surface area contributed by atoms with Crippen LogP contribution in [0.3, 0.4) is 0 Å². The number of benzene rings is 2. The molecule has 4 heteroatoms. The van der Waals surface area contributed by atoms with Gasteiger partial charge in [0, 0.05) is 19.2 Å². The highest BCUT2D eigenvalue weighted by atomic mass is 16.5. The van der Waals surface area contributed by atoms with Crippen LogP contribution in [-0.4, -0.2) is 30.5 Å². The Hall–Kier alpha value is -2.49. The second-order valence-corrected chi connectivity index (χ2v) is 6.92. The summed E-state index contributed by atoms with van der Waals surface area (Å²) in [6.45, 7) is 6.10. The molecule has 2 atom stereocenters. The van der Waals surface area contributed by atoms with E-state index < -0.39 is 0 Å². The summed E-state index contributed by atoms with van der Waals surface area (Å²) in [5.41, 5.74) is 0. The fourth-order valence-corrected chi connectivity index (χ4v) is 3.36. The van der Waals surface area contributed by atoms with E-state index in [-0.39, 0.29) is 12.5 Å². The van der Waals surface area contributed by atoms with Crippen LogP contribution < -0.4 is 9.47 Å². The van der Waals surface area contributed by atoms with Crippen molar-refractivity contribution in [3.8, 4) is 17.2 Å². The normalized spacial score (nSPS) is 20.2. The van der Waals surface area contributed by atoms with Gasteiger partial charge >= 0.3 is 0 Å². The first-order valence-electron chi connectivity index (χ1n) is 8.83. The van der Waals surface area contributed by atoms with E-state index >= 15 is 0 Å². The maximum atomic E-state index is 12.4. The number of hydrogen-bond acceptors (Lipinski definition) is 3. The summed E-state index contributed by atoms with van der Waals surface area (Å²) < 4.78 is 11.5. The monoisotopic (exact) mass is 339 g/mol. The van der Waals surface area contributed by atoms with Gasteiger partial charge in [-0.05, 0) is 42.5 Å². The van der Waals surface area contributed by atoms with Crippen molar-refractivity contribution in [2.24, 2.45) is 11.8 Å². The number of rotatable bonds is 5. The molecule has 132 valence electrons. The highest BCUT2D eigenvalue weighted by Gasteiger charge is 2.25. The Morgan fingerprint density at radius 1 is 0.960 bits per heavy atom. The maximum absolute atomic E-state index is 12.4. The molecule has 1 heterocycles. The summed E-state index contributed by atoms with van der Waals surface area (Å²) in [5.74, 6) is 3.25.